The Morgan fingerprint density at radius 2 is 2.00 bits per heavy atom. The molecule has 2 heterocycles. The van der Waals surface area contributed by atoms with E-state index in [2.05, 4.69) is 5.32 Å². The van der Waals surface area contributed by atoms with Gasteiger partial charge in [-0.15, -0.1) is 11.3 Å². The summed E-state index contributed by atoms with van der Waals surface area (Å²) < 4.78 is 0. The average molecular weight is 346 g/mol. The average Bonchev–Trinajstić information content (AvgIpc) is 3.36. The number of carbonyl (C=O) groups is 2. The van der Waals surface area contributed by atoms with Gasteiger partial charge in [0.1, 0.15) is 0 Å². The van der Waals surface area contributed by atoms with Gasteiger partial charge in [-0.2, -0.15) is 0 Å². The molecular weight excluding hydrogens is 320 g/mol. The lowest BCUT2D eigenvalue weighted by atomic mass is 9.86. The van der Waals surface area contributed by atoms with Gasteiger partial charge in [-0.25, -0.2) is 0 Å². The molecule has 0 unspecified atom stereocenters. The van der Waals surface area contributed by atoms with Gasteiger partial charge in [-0.05, 0) is 55.4 Å². The van der Waals surface area contributed by atoms with Crippen molar-refractivity contribution in [1.82, 2.24) is 10.2 Å². The summed E-state index contributed by atoms with van der Waals surface area (Å²) in [6.07, 6.45) is 6.60. The first-order valence-electron chi connectivity index (χ1n) is 9.29. The maximum absolute atomic E-state index is 12.8. The van der Waals surface area contributed by atoms with Gasteiger partial charge in [0.05, 0.1) is 6.54 Å². The van der Waals surface area contributed by atoms with Crippen molar-refractivity contribution in [3.8, 4) is 0 Å². The highest BCUT2D eigenvalue weighted by molar-refractivity contribution is 7.09. The van der Waals surface area contributed by atoms with Crippen molar-refractivity contribution in [2.75, 3.05) is 13.1 Å². The van der Waals surface area contributed by atoms with Crippen LogP contribution < -0.4 is 5.32 Å². The second-order valence-electron chi connectivity index (χ2n) is 7.68. The van der Waals surface area contributed by atoms with Crippen LogP contribution in [0.15, 0.2) is 17.5 Å². The lowest BCUT2D eigenvalue weighted by Crippen LogP contribution is -2.45. The second kappa shape index (κ2) is 6.87. The van der Waals surface area contributed by atoms with Crippen molar-refractivity contribution in [2.24, 2.45) is 23.7 Å². The molecule has 5 heteroatoms. The molecule has 130 valence electrons. The lowest BCUT2D eigenvalue weighted by molar-refractivity contribution is -0.140. The summed E-state index contributed by atoms with van der Waals surface area (Å²) in [6, 6.07) is 4.05. The number of nitrogens with zero attached hydrogens (tertiary/aromatic N) is 1. The second-order valence-corrected chi connectivity index (χ2v) is 8.71. The summed E-state index contributed by atoms with van der Waals surface area (Å²) in [7, 11) is 0. The maximum Gasteiger partial charge on any atom is 0.225 e. The Morgan fingerprint density at radius 3 is 2.62 bits per heavy atom. The summed E-state index contributed by atoms with van der Waals surface area (Å²) in [4.78, 5) is 28.3. The molecule has 2 bridgehead atoms. The minimum absolute atomic E-state index is 0.0639. The Kier molecular flexibility index (Phi) is 4.61. The van der Waals surface area contributed by atoms with Gasteiger partial charge in [0.25, 0.3) is 0 Å². The number of hydrogen-bond acceptors (Lipinski definition) is 3. The number of piperidine rings is 1. The van der Waals surface area contributed by atoms with Gasteiger partial charge in [0.2, 0.25) is 11.8 Å². The molecule has 4 rings (SSSR count). The van der Waals surface area contributed by atoms with Crippen LogP contribution >= 0.6 is 11.3 Å². The van der Waals surface area contributed by atoms with E-state index in [9.17, 15) is 9.59 Å². The van der Waals surface area contributed by atoms with E-state index in [1.807, 2.05) is 22.4 Å². The van der Waals surface area contributed by atoms with Crippen LogP contribution in [0, 0.1) is 23.7 Å². The van der Waals surface area contributed by atoms with E-state index in [-0.39, 0.29) is 17.7 Å². The lowest BCUT2D eigenvalue weighted by Gasteiger charge is -2.34. The molecule has 0 spiro atoms. The molecule has 1 aromatic heterocycles. The summed E-state index contributed by atoms with van der Waals surface area (Å²) in [6.45, 7) is 2.13. The van der Waals surface area contributed by atoms with Crippen LogP contribution in [0.2, 0.25) is 0 Å². The Labute approximate surface area is 147 Å². The third-order valence-corrected chi connectivity index (χ3v) is 7.13. The fraction of sp³-hybridized carbons (Fsp3) is 0.684. The topological polar surface area (TPSA) is 49.4 Å². The predicted molar refractivity (Wildman–Crippen MR) is 94.4 cm³/mol. The van der Waals surface area contributed by atoms with Crippen molar-refractivity contribution in [3.05, 3.63) is 22.4 Å². The molecule has 3 fully saturated rings. The van der Waals surface area contributed by atoms with Crippen molar-refractivity contribution in [3.63, 3.8) is 0 Å². The van der Waals surface area contributed by atoms with E-state index in [1.54, 1.807) is 11.3 Å². The summed E-state index contributed by atoms with van der Waals surface area (Å²) in [5, 5.41) is 5.07. The molecule has 1 aliphatic heterocycles. The van der Waals surface area contributed by atoms with E-state index in [0.29, 0.717) is 18.4 Å². The van der Waals surface area contributed by atoms with E-state index in [0.717, 1.165) is 38.3 Å². The zero-order valence-corrected chi connectivity index (χ0v) is 14.9. The molecule has 0 aromatic carbocycles. The highest BCUT2D eigenvalue weighted by Gasteiger charge is 2.44. The Hall–Kier alpha value is -1.36. The van der Waals surface area contributed by atoms with E-state index in [1.165, 1.54) is 24.1 Å². The first-order valence-corrected chi connectivity index (χ1v) is 10.2. The molecule has 1 aromatic rings. The van der Waals surface area contributed by atoms with Gasteiger partial charge >= 0.3 is 0 Å². The molecule has 2 aliphatic carbocycles. The van der Waals surface area contributed by atoms with Gasteiger partial charge in [0.15, 0.2) is 0 Å². The smallest absolute Gasteiger partial charge is 0.225 e. The highest BCUT2D eigenvalue weighted by Crippen LogP contribution is 2.49. The minimum Gasteiger partial charge on any atom is -0.351 e. The predicted octanol–water partition coefficient (Wildman–Crippen LogP) is 3.04. The molecule has 1 saturated heterocycles. The number of rotatable bonds is 4. The summed E-state index contributed by atoms with van der Waals surface area (Å²) >= 11 is 1.67. The number of nitrogens with one attached hydrogen (secondary N) is 1. The third-order valence-electron chi connectivity index (χ3n) is 6.25. The number of amides is 2. The molecule has 2 amide bonds. The molecule has 4 nitrogen and oxygen atoms in total. The number of fused-ring (bicyclic) bond motifs is 2. The molecule has 1 N–H and O–H groups in total. The Morgan fingerprint density at radius 1 is 1.17 bits per heavy atom. The van der Waals surface area contributed by atoms with Gasteiger partial charge in [0, 0.05) is 29.8 Å². The minimum atomic E-state index is 0.0639. The molecule has 3 atom stereocenters. The highest BCUT2D eigenvalue weighted by atomic mass is 32.1. The quantitative estimate of drug-likeness (QED) is 0.911. The van der Waals surface area contributed by atoms with E-state index < -0.39 is 0 Å². The zero-order valence-electron chi connectivity index (χ0n) is 14.1. The third kappa shape index (κ3) is 3.23. The molecule has 3 aliphatic rings. The van der Waals surface area contributed by atoms with Gasteiger partial charge in [-0.3, -0.25) is 9.59 Å². The van der Waals surface area contributed by atoms with E-state index >= 15 is 0 Å². The first kappa shape index (κ1) is 16.1. The normalized spacial score (nSPS) is 29.8. The SMILES string of the molecule is O=C(NCc1cccs1)C1CCN(C(=O)[C@H]2C[C@H]3CC[C@H]2C3)CC1. The molecular formula is C19H26N2O2S. The van der Waals surface area contributed by atoms with Crippen LogP contribution in [-0.4, -0.2) is 29.8 Å². The molecule has 24 heavy (non-hydrogen) atoms. The molecule has 2 saturated carbocycles. The Bertz CT molecular complexity index is 593. The van der Waals surface area contributed by atoms with Crippen molar-refractivity contribution >= 4 is 23.2 Å². The van der Waals surface area contributed by atoms with Crippen LogP contribution in [0.3, 0.4) is 0 Å². The van der Waals surface area contributed by atoms with Gasteiger partial charge < -0.3 is 10.2 Å². The van der Waals surface area contributed by atoms with E-state index in [4.69, 9.17) is 0 Å². The first-order chi connectivity index (χ1) is 11.7. The number of thiophene rings is 1. The fourth-order valence-corrected chi connectivity index (χ4v) is 5.52. The Balaban J connectivity index is 1.24. The van der Waals surface area contributed by atoms with Crippen LogP contribution in [0.4, 0.5) is 0 Å². The molecule has 0 radical (unpaired) electrons. The number of hydrogen-bond donors (Lipinski definition) is 1. The van der Waals surface area contributed by atoms with Crippen LogP contribution in [0.25, 0.3) is 0 Å². The number of carbonyl (C=O) groups excluding carboxylic acids is 2. The fourth-order valence-electron chi connectivity index (χ4n) is 4.88. The standard InChI is InChI=1S/C19H26N2O2S/c22-18(20-12-16-2-1-9-24-16)14-5-7-21(8-6-14)19(23)17-11-13-3-4-15(17)10-13/h1-2,9,13-15,17H,3-8,10-12H2,(H,20,22)/t13-,15-,17-/m0/s1. The number of likely N-dealkylation sites (tertiary alicyclic amines) is 1. The van der Waals surface area contributed by atoms with Crippen LogP contribution in [-0.2, 0) is 16.1 Å². The summed E-state index contributed by atoms with van der Waals surface area (Å²) in [5.41, 5.74) is 0. The maximum atomic E-state index is 12.8. The monoisotopic (exact) mass is 346 g/mol. The van der Waals surface area contributed by atoms with Gasteiger partial charge in [-0.1, -0.05) is 12.5 Å². The van der Waals surface area contributed by atoms with Crippen LogP contribution in [0.5, 0.6) is 0 Å². The van der Waals surface area contributed by atoms with Crippen molar-refractivity contribution in [1.29, 1.82) is 0 Å². The van der Waals surface area contributed by atoms with Crippen molar-refractivity contribution in [2.45, 2.75) is 45.1 Å². The van der Waals surface area contributed by atoms with Crippen LogP contribution in [0.1, 0.15) is 43.4 Å². The zero-order chi connectivity index (χ0) is 16.5. The van der Waals surface area contributed by atoms with Crippen molar-refractivity contribution < 1.29 is 9.59 Å². The summed E-state index contributed by atoms with van der Waals surface area (Å²) in [5.74, 6) is 2.33. The largest absolute Gasteiger partial charge is 0.351 e.